The van der Waals surface area contributed by atoms with Crippen LogP contribution in [0.3, 0.4) is 0 Å². The number of aliphatic hydroxyl groups excluding tert-OH is 1. The Balaban J connectivity index is 1.67. The van der Waals surface area contributed by atoms with E-state index in [1.165, 1.54) is 0 Å². The van der Waals surface area contributed by atoms with Crippen molar-refractivity contribution in [3.63, 3.8) is 0 Å². The van der Waals surface area contributed by atoms with E-state index in [1.807, 2.05) is 12.1 Å². The van der Waals surface area contributed by atoms with Crippen molar-refractivity contribution in [3.8, 4) is 17.2 Å². The highest BCUT2D eigenvalue weighted by molar-refractivity contribution is 6.46. The number of ether oxygens (including phenoxy) is 4. The highest BCUT2D eigenvalue weighted by Crippen LogP contribution is 2.42. The van der Waals surface area contributed by atoms with Crippen LogP contribution in [0.4, 0.5) is 0 Å². The molecule has 42 heavy (non-hydrogen) atoms. The molecular formula is C33H44N2O7. The monoisotopic (exact) mass is 580 g/mol. The smallest absolute Gasteiger partial charge is 0.295 e. The molecule has 4 rings (SSSR count). The maximum absolute atomic E-state index is 13.5. The Labute approximate surface area is 249 Å². The highest BCUT2D eigenvalue weighted by atomic mass is 16.5. The molecule has 0 aromatic heterocycles. The number of hydrogen-bond donors (Lipinski definition) is 1. The van der Waals surface area contributed by atoms with Gasteiger partial charge in [-0.2, -0.15) is 0 Å². The van der Waals surface area contributed by atoms with Gasteiger partial charge in [0.15, 0.2) is 11.5 Å². The summed E-state index contributed by atoms with van der Waals surface area (Å²) in [6, 6.07) is 11.6. The minimum absolute atomic E-state index is 0.0558. The second-order valence-electron chi connectivity index (χ2n) is 10.6. The number of unbranched alkanes of at least 4 members (excludes halogenated alkanes) is 3. The molecule has 1 atom stereocenters. The first-order chi connectivity index (χ1) is 20.5. The number of carbonyl (C=O) groups is 2. The van der Waals surface area contributed by atoms with Crippen molar-refractivity contribution < 1.29 is 33.6 Å². The van der Waals surface area contributed by atoms with Crippen LogP contribution in [0.5, 0.6) is 17.2 Å². The zero-order valence-corrected chi connectivity index (χ0v) is 25.1. The first-order valence-electron chi connectivity index (χ1n) is 15.1. The summed E-state index contributed by atoms with van der Waals surface area (Å²) in [6.45, 7) is 9.13. The first-order valence-corrected chi connectivity index (χ1v) is 15.1. The Morgan fingerprint density at radius 2 is 1.62 bits per heavy atom. The Bertz CT molecular complexity index is 1220. The summed E-state index contributed by atoms with van der Waals surface area (Å²) in [5.41, 5.74) is 1.16. The van der Waals surface area contributed by atoms with Gasteiger partial charge < -0.3 is 29.0 Å². The minimum Gasteiger partial charge on any atom is -0.507 e. The lowest BCUT2D eigenvalue weighted by molar-refractivity contribution is -0.140. The normalized spacial score (nSPS) is 18.8. The molecule has 2 aromatic rings. The molecule has 1 amide bonds. The molecule has 2 aliphatic rings. The fourth-order valence-corrected chi connectivity index (χ4v) is 5.24. The fraction of sp³-hybridized carbons (Fsp3) is 0.515. The van der Waals surface area contributed by atoms with Crippen molar-refractivity contribution in [2.24, 2.45) is 0 Å². The van der Waals surface area contributed by atoms with E-state index in [-0.39, 0.29) is 11.3 Å². The van der Waals surface area contributed by atoms with E-state index in [2.05, 4.69) is 18.7 Å². The molecule has 0 spiro atoms. The van der Waals surface area contributed by atoms with Crippen molar-refractivity contribution in [1.82, 2.24) is 9.80 Å². The third-order valence-corrected chi connectivity index (χ3v) is 7.70. The molecular weight excluding hydrogens is 536 g/mol. The van der Waals surface area contributed by atoms with Crippen molar-refractivity contribution in [1.29, 1.82) is 0 Å². The number of rotatable bonds is 15. The Hall–Kier alpha value is -3.56. The average molecular weight is 581 g/mol. The molecule has 1 unspecified atom stereocenters. The zero-order valence-electron chi connectivity index (χ0n) is 25.1. The minimum atomic E-state index is -0.783. The topological polar surface area (TPSA) is 97.8 Å². The molecule has 0 bridgehead atoms. The quantitative estimate of drug-likeness (QED) is 0.133. The van der Waals surface area contributed by atoms with Gasteiger partial charge in [0.1, 0.15) is 11.5 Å². The molecule has 9 nitrogen and oxygen atoms in total. The highest BCUT2D eigenvalue weighted by Gasteiger charge is 2.46. The van der Waals surface area contributed by atoms with Crippen LogP contribution in [0.1, 0.15) is 63.1 Å². The van der Waals surface area contributed by atoms with Crippen LogP contribution >= 0.6 is 0 Å². The molecule has 2 aromatic carbocycles. The number of likely N-dealkylation sites (tertiary alicyclic amines) is 1. The van der Waals surface area contributed by atoms with E-state index in [4.69, 9.17) is 18.9 Å². The largest absolute Gasteiger partial charge is 0.507 e. The molecule has 0 aliphatic carbocycles. The number of benzene rings is 2. The first kappa shape index (κ1) is 31.4. The van der Waals surface area contributed by atoms with E-state index in [1.54, 1.807) is 42.3 Å². The summed E-state index contributed by atoms with van der Waals surface area (Å²) in [6.07, 6.45) is 5.08. The summed E-state index contributed by atoms with van der Waals surface area (Å²) in [5, 5.41) is 11.5. The van der Waals surface area contributed by atoms with Crippen molar-refractivity contribution in [2.75, 3.05) is 59.7 Å². The van der Waals surface area contributed by atoms with Gasteiger partial charge in [-0.05, 0) is 54.8 Å². The summed E-state index contributed by atoms with van der Waals surface area (Å²) < 4.78 is 22.8. The van der Waals surface area contributed by atoms with Gasteiger partial charge in [-0.1, -0.05) is 39.2 Å². The van der Waals surface area contributed by atoms with Crippen LogP contribution in [0.2, 0.25) is 0 Å². The molecule has 2 saturated heterocycles. The van der Waals surface area contributed by atoms with Crippen molar-refractivity contribution in [3.05, 3.63) is 59.2 Å². The number of amides is 1. The molecule has 0 saturated carbocycles. The number of ketones is 1. The van der Waals surface area contributed by atoms with Crippen molar-refractivity contribution in [2.45, 2.75) is 52.0 Å². The van der Waals surface area contributed by atoms with Crippen LogP contribution in [-0.2, 0) is 14.3 Å². The third-order valence-electron chi connectivity index (χ3n) is 7.70. The predicted octanol–water partition coefficient (Wildman–Crippen LogP) is 5.20. The van der Waals surface area contributed by atoms with Gasteiger partial charge in [0.2, 0.25) is 0 Å². The summed E-state index contributed by atoms with van der Waals surface area (Å²) in [7, 11) is 1.57. The number of carbonyl (C=O) groups excluding carboxylic acids is 2. The lowest BCUT2D eigenvalue weighted by Gasteiger charge is -2.31. The third kappa shape index (κ3) is 7.63. The van der Waals surface area contributed by atoms with Gasteiger partial charge in [0.25, 0.3) is 11.7 Å². The van der Waals surface area contributed by atoms with Crippen LogP contribution < -0.4 is 14.2 Å². The van der Waals surface area contributed by atoms with E-state index < -0.39 is 17.7 Å². The Kier molecular flexibility index (Phi) is 11.7. The van der Waals surface area contributed by atoms with E-state index in [0.717, 1.165) is 45.2 Å². The second-order valence-corrected chi connectivity index (χ2v) is 10.6. The van der Waals surface area contributed by atoms with Crippen LogP contribution in [0.25, 0.3) is 5.76 Å². The average Bonchev–Trinajstić information content (AvgIpc) is 3.27. The zero-order chi connectivity index (χ0) is 29.9. The van der Waals surface area contributed by atoms with Gasteiger partial charge in [-0.25, -0.2) is 0 Å². The van der Waals surface area contributed by atoms with E-state index >= 15 is 0 Å². The second kappa shape index (κ2) is 15.6. The lowest BCUT2D eigenvalue weighted by atomic mass is 9.95. The number of nitrogens with zero attached hydrogens (tertiary/aromatic N) is 2. The maximum Gasteiger partial charge on any atom is 0.295 e. The Morgan fingerprint density at radius 3 is 2.31 bits per heavy atom. The van der Waals surface area contributed by atoms with Gasteiger partial charge in [0.05, 0.1) is 45.2 Å². The molecule has 2 fully saturated rings. The van der Waals surface area contributed by atoms with Crippen molar-refractivity contribution >= 4 is 17.4 Å². The number of morpholine rings is 1. The molecule has 9 heteroatoms. The summed E-state index contributed by atoms with van der Waals surface area (Å²) in [4.78, 5) is 30.7. The van der Waals surface area contributed by atoms with Crippen LogP contribution in [0.15, 0.2) is 48.0 Å². The molecule has 1 N–H and O–H groups in total. The lowest BCUT2D eigenvalue weighted by Crippen LogP contribution is -2.42. The predicted molar refractivity (Wildman–Crippen MR) is 161 cm³/mol. The fourth-order valence-electron chi connectivity index (χ4n) is 5.24. The number of hydrogen-bond acceptors (Lipinski definition) is 8. The summed E-state index contributed by atoms with van der Waals surface area (Å²) >= 11 is 0. The molecule has 2 heterocycles. The summed E-state index contributed by atoms with van der Waals surface area (Å²) in [5.74, 6) is 0.236. The maximum atomic E-state index is 13.5. The van der Waals surface area contributed by atoms with Crippen LogP contribution in [-0.4, -0.2) is 86.3 Å². The van der Waals surface area contributed by atoms with Gasteiger partial charge in [-0.15, -0.1) is 0 Å². The Morgan fingerprint density at radius 1 is 0.905 bits per heavy atom. The molecule has 2 aliphatic heterocycles. The number of aliphatic hydroxyl groups is 1. The van der Waals surface area contributed by atoms with Crippen LogP contribution in [0, 0.1) is 0 Å². The number of Topliss-reactive ketones (excluding diaryl/α,β-unsaturated/α-hetero) is 1. The molecule has 228 valence electrons. The van der Waals surface area contributed by atoms with E-state index in [9.17, 15) is 14.7 Å². The van der Waals surface area contributed by atoms with Gasteiger partial charge >= 0.3 is 0 Å². The standard InChI is InChI=1S/C33H44N2O7/c1-4-6-8-20-42-27-14-11-25(23-28(27)39-3)30-29(31(36)24-9-12-26(13-10-24)41-19-7-5-2)32(37)33(38)35(30)16-15-34-17-21-40-22-18-34/h9-14,23,30,36H,4-8,15-22H2,1-3H3/b31-29+. The molecule has 0 radical (unpaired) electrons. The SMILES string of the molecule is CCCCCOc1ccc(C2/C(=C(\O)c3ccc(OCCCC)cc3)C(=O)C(=O)N2CCN2CCOCC2)cc1OC. The van der Waals surface area contributed by atoms with Gasteiger partial charge in [0, 0.05) is 31.7 Å². The number of methoxy groups -OCH3 is 1. The van der Waals surface area contributed by atoms with E-state index in [0.29, 0.717) is 67.9 Å². The van der Waals surface area contributed by atoms with Gasteiger partial charge in [-0.3, -0.25) is 14.5 Å².